The number of carboxylic acids is 1. The number of rotatable bonds is 4. The predicted molar refractivity (Wildman–Crippen MR) is 77.6 cm³/mol. The molecule has 0 bridgehead atoms. The fourth-order valence-electron chi connectivity index (χ4n) is 1.65. The smallest absolute Gasteiger partial charge is 0.338 e. The van der Waals surface area contributed by atoms with Crippen molar-refractivity contribution in [2.24, 2.45) is 0 Å². The number of aromatic nitrogens is 2. The molecule has 1 atom stereocenters. The molecule has 18 heavy (non-hydrogen) atoms. The van der Waals surface area contributed by atoms with Gasteiger partial charge < -0.3 is 5.11 Å². The van der Waals surface area contributed by atoms with Crippen LogP contribution in [0.5, 0.6) is 0 Å². The summed E-state index contributed by atoms with van der Waals surface area (Å²) in [7, 11) is 0. The van der Waals surface area contributed by atoms with Gasteiger partial charge in [0.05, 0.1) is 17.4 Å². The van der Waals surface area contributed by atoms with E-state index in [1.807, 2.05) is 12.1 Å². The van der Waals surface area contributed by atoms with Crippen LogP contribution in [0.3, 0.4) is 0 Å². The lowest BCUT2D eigenvalue weighted by atomic mass is 10.1. The summed E-state index contributed by atoms with van der Waals surface area (Å²) in [6.45, 7) is 2.15. The van der Waals surface area contributed by atoms with Crippen molar-refractivity contribution in [1.29, 1.82) is 0 Å². The minimum Gasteiger partial charge on any atom is -0.478 e. The van der Waals surface area contributed by atoms with Gasteiger partial charge in [0.15, 0.2) is 0 Å². The van der Waals surface area contributed by atoms with Gasteiger partial charge in [-0.15, -0.1) is 0 Å². The van der Waals surface area contributed by atoms with Crippen LogP contribution in [0.2, 0.25) is 0 Å². The number of alkyl halides is 1. The number of hydrogen-bond acceptors (Lipinski definition) is 2. The maximum Gasteiger partial charge on any atom is 0.338 e. The lowest BCUT2D eigenvalue weighted by Gasteiger charge is -2.08. The molecule has 5 heteroatoms. The monoisotopic (exact) mass is 356 g/mol. The van der Waals surface area contributed by atoms with Gasteiger partial charge in [0.25, 0.3) is 0 Å². The summed E-state index contributed by atoms with van der Waals surface area (Å²) in [6.07, 6.45) is 3.95. The molecule has 1 aromatic heterocycles. The SMILES string of the molecule is CCC(I)c1ccc(-n2cc(C(=O)O)cn2)cc1. The standard InChI is InChI=1S/C13H13IN2O2/c1-2-12(14)9-3-5-11(6-4-9)16-8-10(7-15-16)13(17)18/h3-8,12H,2H2,1H3,(H,17,18). The Hall–Kier alpha value is -1.37. The van der Waals surface area contributed by atoms with Gasteiger partial charge in [-0.05, 0) is 24.1 Å². The maximum atomic E-state index is 10.8. The lowest BCUT2D eigenvalue weighted by molar-refractivity contribution is 0.0697. The molecule has 0 aliphatic carbocycles. The third kappa shape index (κ3) is 2.72. The Morgan fingerprint density at radius 3 is 2.61 bits per heavy atom. The maximum absolute atomic E-state index is 10.8. The second-order valence-electron chi connectivity index (χ2n) is 3.95. The molecule has 4 nitrogen and oxygen atoms in total. The molecule has 2 aromatic rings. The Labute approximate surface area is 119 Å². The van der Waals surface area contributed by atoms with Crippen LogP contribution in [0.25, 0.3) is 5.69 Å². The van der Waals surface area contributed by atoms with Gasteiger partial charge >= 0.3 is 5.97 Å². The second kappa shape index (κ2) is 5.51. The van der Waals surface area contributed by atoms with Crippen molar-refractivity contribution in [2.75, 3.05) is 0 Å². The zero-order valence-corrected chi connectivity index (χ0v) is 12.0. The highest BCUT2D eigenvalue weighted by atomic mass is 127. The minimum absolute atomic E-state index is 0.194. The molecule has 0 fully saturated rings. The first-order valence-electron chi connectivity index (χ1n) is 5.64. The van der Waals surface area contributed by atoms with Crippen LogP contribution in [0, 0.1) is 0 Å². The van der Waals surface area contributed by atoms with Crippen LogP contribution < -0.4 is 0 Å². The molecule has 1 unspecified atom stereocenters. The highest BCUT2D eigenvalue weighted by molar-refractivity contribution is 14.1. The molecule has 0 radical (unpaired) electrons. The van der Waals surface area contributed by atoms with E-state index in [1.165, 1.54) is 18.0 Å². The molecule has 2 rings (SSSR count). The molecule has 94 valence electrons. The summed E-state index contributed by atoms with van der Waals surface area (Å²) in [4.78, 5) is 10.8. The van der Waals surface area contributed by atoms with E-state index in [9.17, 15) is 4.79 Å². The molecular formula is C13H13IN2O2. The van der Waals surface area contributed by atoms with E-state index in [-0.39, 0.29) is 5.56 Å². The minimum atomic E-state index is -0.962. The van der Waals surface area contributed by atoms with E-state index >= 15 is 0 Å². The van der Waals surface area contributed by atoms with E-state index in [1.54, 1.807) is 4.68 Å². The summed E-state index contributed by atoms with van der Waals surface area (Å²) in [6, 6.07) is 8.01. The van der Waals surface area contributed by atoms with Gasteiger partial charge in [0.1, 0.15) is 0 Å². The van der Waals surface area contributed by atoms with Crippen molar-refractivity contribution in [1.82, 2.24) is 9.78 Å². The van der Waals surface area contributed by atoms with Crippen molar-refractivity contribution in [3.63, 3.8) is 0 Å². The van der Waals surface area contributed by atoms with Gasteiger partial charge in [-0.25, -0.2) is 9.48 Å². The third-order valence-corrected chi connectivity index (χ3v) is 4.31. The first kappa shape index (κ1) is 13.1. The zero-order valence-electron chi connectivity index (χ0n) is 9.88. The molecule has 1 N–H and O–H groups in total. The van der Waals surface area contributed by atoms with E-state index in [2.05, 4.69) is 46.7 Å². The highest BCUT2D eigenvalue weighted by Crippen LogP contribution is 2.27. The Morgan fingerprint density at radius 1 is 1.44 bits per heavy atom. The van der Waals surface area contributed by atoms with Gasteiger partial charge in [0, 0.05) is 10.1 Å². The Kier molecular flexibility index (Phi) is 4.00. The number of halogens is 1. The summed E-state index contributed by atoms with van der Waals surface area (Å²) in [5.74, 6) is -0.962. The Bertz CT molecular complexity index is 548. The Morgan fingerprint density at radius 2 is 2.11 bits per heavy atom. The number of hydrogen-bond donors (Lipinski definition) is 1. The second-order valence-corrected chi connectivity index (χ2v) is 5.45. The molecule has 0 saturated carbocycles. The van der Waals surface area contributed by atoms with Crippen LogP contribution in [0.15, 0.2) is 36.7 Å². The zero-order chi connectivity index (χ0) is 13.1. The van der Waals surface area contributed by atoms with Crippen molar-refractivity contribution in [3.8, 4) is 5.69 Å². The molecule has 0 aliphatic rings. The van der Waals surface area contributed by atoms with Gasteiger partial charge in [-0.3, -0.25) is 0 Å². The van der Waals surface area contributed by atoms with Crippen LogP contribution in [-0.2, 0) is 0 Å². The number of carbonyl (C=O) groups is 1. The molecule has 1 heterocycles. The summed E-state index contributed by atoms with van der Waals surface area (Å²) in [5.41, 5.74) is 2.33. The lowest BCUT2D eigenvalue weighted by Crippen LogP contribution is -1.96. The van der Waals surface area contributed by atoms with Crippen molar-refractivity contribution in [2.45, 2.75) is 17.3 Å². The highest BCUT2D eigenvalue weighted by Gasteiger charge is 2.08. The van der Waals surface area contributed by atoms with Crippen molar-refractivity contribution >= 4 is 28.6 Å². The Balaban J connectivity index is 2.25. The molecular weight excluding hydrogens is 343 g/mol. The molecule has 0 saturated heterocycles. The summed E-state index contributed by atoms with van der Waals surface area (Å²) < 4.78 is 2.07. The van der Waals surface area contributed by atoms with Crippen LogP contribution in [0.4, 0.5) is 0 Å². The largest absolute Gasteiger partial charge is 0.478 e. The molecule has 0 aliphatic heterocycles. The molecule has 0 amide bonds. The van der Waals surface area contributed by atoms with E-state index in [0.29, 0.717) is 3.92 Å². The number of benzene rings is 1. The third-order valence-electron chi connectivity index (χ3n) is 2.71. The average molecular weight is 356 g/mol. The van der Waals surface area contributed by atoms with Gasteiger partial charge in [-0.2, -0.15) is 5.10 Å². The van der Waals surface area contributed by atoms with E-state index in [0.717, 1.165) is 12.1 Å². The first-order chi connectivity index (χ1) is 8.61. The van der Waals surface area contributed by atoms with Gasteiger partial charge in [-0.1, -0.05) is 41.6 Å². The fourth-order valence-corrected chi connectivity index (χ4v) is 2.06. The van der Waals surface area contributed by atoms with Crippen LogP contribution in [0.1, 0.15) is 33.2 Å². The summed E-state index contributed by atoms with van der Waals surface area (Å²) in [5, 5.41) is 12.9. The summed E-state index contributed by atoms with van der Waals surface area (Å²) >= 11 is 2.41. The average Bonchev–Trinajstić information content (AvgIpc) is 2.88. The molecule has 0 spiro atoms. The fraction of sp³-hybridized carbons (Fsp3) is 0.231. The van der Waals surface area contributed by atoms with E-state index in [4.69, 9.17) is 5.11 Å². The van der Waals surface area contributed by atoms with Gasteiger partial charge in [0.2, 0.25) is 0 Å². The normalized spacial score (nSPS) is 12.3. The predicted octanol–water partition coefficient (Wildman–Crippen LogP) is 3.46. The van der Waals surface area contributed by atoms with Crippen molar-refractivity contribution < 1.29 is 9.90 Å². The van der Waals surface area contributed by atoms with E-state index < -0.39 is 5.97 Å². The van der Waals surface area contributed by atoms with Crippen LogP contribution >= 0.6 is 22.6 Å². The molecule has 1 aromatic carbocycles. The topological polar surface area (TPSA) is 55.1 Å². The van der Waals surface area contributed by atoms with Crippen molar-refractivity contribution in [3.05, 3.63) is 47.8 Å². The number of nitrogens with zero attached hydrogens (tertiary/aromatic N) is 2. The van der Waals surface area contributed by atoms with Crippen LogP contribution in [-0.4, -0.2) is 20.9 Å². The first-order valence-corrected chi connectivity index (χ1v) is 6.88. The quantitative estimate of drug-likeness (QED) is 0.674. The number of carboxylic acid groups (broad SMARTS) is 1. The number of aromatic carboxylic acids is 1.